The first-order valence-corrected chi connectivity index (χ1v) is 9.13. The van der Waals surface area contributed by atoms with Crippen LogP contribution < -0.4 is 14.7 Å². The van der Waals surface area contributed by atoms with Crippen molar-refractivity contribution in [2.45, 2.75) is 52.0 Å². The molecule has 94 valence electrons. The molecule has 0 spiro atoms. The van der Waals surface area contributed by atoms with Crippen LogP contribution in [-0.2, 0) is 0 Å². The molecule has 2 rings (SSSR count). The second kappa shape index (κ2) is 3.77. The molecular weight excluding hydrogens is 228 g/mol. The predicted octanol–water partition coefficient (Wildman–Crippen LogP) is 2.71. The van der Waals surface area contributed by atoms with Crippen molar-refractivity contribution in [1.82, 2.24) is 0 Å². The van der Waals surface area contributed by atoms with Gasteiger partial charge in [-0.05, 0) is 39.8 Å². The van der Waals surface area contributed by atoms with E-state index in [1.807, 2.05) is 0 Å². The van der Waals surface area contributed by atoms with Crippen LogP contribution in [0, 0.1) is 0 Å². The van der Waals surface area contributed by atoms with E-state index in [1.165, 1.54) is 5.19 Å². The average molecular weight is 250 g/mol. The van der Waals surface area contributed by atoms with E-state index >= 15 is 0 Å². The van der Waals surface area contributed by atoms with Gasteiger partial charge in [-0.2, -0.15) is 0 Å². The fraction of sp³-hybridized carbons (Fsp3) is 0.571. The SMILES string of the molecule is C[SiH](C)c1ccc2c(c1)OC(C)(C)C(C)(C)O2. The minimum Gasteiger partial charge on any atom is -0.480 e. The summed E-state index contributed by atoms with van der Waals surface area (Å²) in [5.74, 6) is 1.76. The van der Waals surface area contributed by atoms with Gasteiger partial charge in [-0.1, -0.05) is 24.3 Å². The topological polar surface area (TPSA) is 18.5 Å². The van der Waals surface area contributed by atoms with Gasteiger partial charge in [0.1, 0.15) is 11.2 Å². The standard InChI is InChI=1S/C14H22O2Si/c1-13(2)14(3,4)16-12-9-10(17(5)6)7-8-11(12)15-13/h7-9,17H,1-6H3. The van der Waals surface area contributed by atoms with Crippen LogP contribution in [0.5, 0.6) is 11.5 Å². The molecule has 1 aromatic rings. The quantitative estimate of drug-likeness (QED) is 0.714. The van der Waals surface area contributed by atoms with Crippen molar-refractivity contribution in [3.63, 3.8) is 0 Å². The van der Waals surface area contributed by atoms with E-state index in [2.05, 4.69) is 59.0 Å². The van der Waals surface area contributed by atoms with Gasteiger partial charge < -0.3 is 9.47 Å². The molecule has 2 nitrogen and oxygen atoms in total. The third-order valence-corrected chi connectivity index (χ3v) is 5.51. The van der Waals surface area contributed by atoms with Crippen LogP contribution in [0.3, 0.4) is 0 Å². The molecule has 0 aromatic heterocycles. The molecule has 3 heteroatoms. The predicted molar refractivity (Wildman–Crippen MR) is 74.4 cm³/mol. The Labute approximate surface area is 106 Å². The van der Waals surface area contributed by atoms with Gasteiger partial charge in [0.05, 0.1) is 8.80 Å². The van der Waals surface area contributed by atoms with Crippen LogP contribution in [0.25, 0.3) is 0 Å². The summed E-state index contributed by atoms with van der Waals surface area (Å²) >= 11 is 0. The van der Waals surface area contributed by atoms with E-state index in [-0.39, 0.29) is 11.2 Å². The van der Waals surface area contributed by atoms with E-state index < -0.39 is 8.80 Å². The number of rotatable bonds is 1. The Bertz CT molecular complexity index is 436. The van der Waals surface area contributed by atoms with Crippen LogP contribution in [0.4, 0.5) is 0 Å². The van der Waals surface area contributed by atoms with Gasteiger partial charge in [-0.3, -0.25) is 0 Å². The molecule has 1 aliphatic heterocycles. The van der Waals surface area contributed by atoms with Crippen LogP contribution >= 0.6 is 0 Å². The molecule has 1 aromatic carbocycles. The Morgan fingerprint density at radius 3 is 1.94 bits per heavy atom. The highest BCUT2D eigenvalue weighted by atomic mass is 28.3. The molecule has 0 fully saturated rings. The fourth-order valence-electron chi connectivity index (χ4n) is 1.84. The Hall–Kier alpha value is -0.963. The molecule has 1 heterocycles. The maximum Gasteiger partial charge on any atom is 0.162 e. The van der Waals surface area contributed by atoms with Crippen LogP contribution in [0.2, 0.25) is 13.1 Å². The van der Waals surface area contributed by atoms with Crippen molar-refractivity contribution in [1.29, 1.82) is 0 Å². The van der Waals surface area contributed by atoms with E-state index in [1.54, 1.807) is 0 Å². The van der Waals surface area contributed by atoms with Crippen LogP contribution in [-0.4, -0.2) is 20.0 Å². The highest BCUT2D eigenvalue weighted by molar-refractivity contribution is 6.70. The van der Waals surface area contributed by atoms with E-state index in [9.17, 15) is 0 Å². The average Bonchev–Trinajstić information content (AvgIpc) is 2.17. The lowest BCUT2D eigenvalue weighted by molar-refractivity contribution is -0.0990. The summed E-state index contributed by atoms with van der Waals surface area (Å²) in [6.07, 6.45) is 0. The number of benzene rings is 1. The molecule has 0 unspecified atom stereocenters. The molecule has 0 radical (unpaired) electrons. The van der Waals surface area contributed by atoms with Crippen molar-refractivity contribution >= 4 is 14.0 Å². The summed E-state index contributed by atoms with van der Waals surface area (Å²) in [5.41, 5.74) is -0.617. The summed E-state index contributed by atoms with van der Waals surface area (Å²) in [6.45, 7) is 12.9. The second-order valence-electron chi connectivity index (χ2n) is 6.09. The summed E-state index contributed by atoms with van der Waals surface area (Å²) in [5, 5.41) is 1.42. The van der Waals surface area contributed by atoms with Crippen molar-refractivity contribution in [3.05, 3.63) is 18.2 Å². The molecule has 0 saturated carbocycles. The minimum absolute atomic E-state index is 0.308. The van der Waals surface area contributed by atoms with Gasteiger partial charge in [0.15, 0.2) is 11.5 Å². The normalized spacial score (nSPS) is 20.4. The molecule has 0 amide bonds. The third-order valence-electron chi connectivity index (χ3n) is 3.81. The van der Waals surface area contributed by atoms with Crippen molar-refractivity contribution in [2.24, 2.45) is 0 Å². The van der Waals surface area contributed by atoms with E-state index in [0.717, 1.165) is 11.5 Å². The number of ether oxygens (including phenoxy) is 2. The van der Waals surface area contributed by atoms with Crippen molar-refractivity contribution in [3.8, 4) is 11.5 Å². The Morgan fingerprint density at radius 2 is 1.41 bits per heavy atom. The lowest BCUT2D eigenvalue weighted by atomic mass is 9.88. The first-order chi connectivity index (χ1) is 7.73. The van der Waals surface area contributed by atoms with E-state index in [0.29, 0.717) is 0 Å². The molecule has 0 bridgehead atoms. The summed E-state index contributed by atoms with van der Waals surface area (Å²) in [7, 11) is -0.790. The highest BCUT2D eigenvalue weighted by Gasteiger charge is 2.45. The van der Waals surface area contributed by atoms with Crippen LogP contribution in [0.1, 0.15) is 27.7 Å². The van der Waals surface area contributed by atoms with Gasteiger partial charge in [0.2, 0.25) is 0 Å². The molecule has 0 saturated heterocycles. The smallest absolute Gasteiger partial charge is 0.162 e. The lowest BCUT2D eigenvalue weighted by Gasteiger charge is -2.45. The number of fused-ring (bicyclic) bond motifs is 1. The second-order valence-corrected chi connectivity index (χ2v) is 9.06. The monoisotopic (exact) mass is 250 g/mol. The molecule has 0 atom stereocenters. The first kappa shape index (κ1) is 12.5. The number of hydrogen-bond donors (Lipinski definition) is 0. The van der Waals surface area contributed by atoms with Gasteiger partial charge in [0, 0.05) is 0 Å². The lowest BCUT2D eigenvalue weighted by Crippen LogP contribution is -2.56. The summed E-state index contributed by atoms with van der Waals surface area (Å²) in [6, 6.07) is 6.38. The van der Waals surface area contributed by atoms with Crippen LogP contribution in [0.15, 0.2) is 18.2 Å². The Morgan fingerprint density at radius 1 is 0.882 bits per heavy atom. The highest BCUT2D eigenvalue weighted by Crippen LogP contribution is 2.42. The maximum atomic E-state index is 6.12. The van der Waals surface area contributed by atoms with Gasteiger partial charge in [-0.25, -0.2) is 0 Å². The Balaban J connectivity index is 2.43. The van der Waals surface area contributed by atoms with Crippen molar-refractivity contribution < 1.29 is 9.47 Å². The molecule has 1 aliphatic rings. The molecule has 0 N–H and O–H groups in total. The van der Waals surface area contributed by atoms with Gasteiger partial charge in [0.25, 0.3) is 0 Å². The molecule has 0 aliphatic carbocycles. The molecular formula is C14H22O2Si. The maximum absolute atomic E-state index is 6.12. The molecule has 17 heavy (non-hydrogen) atoms. The zero-order valence-corrected chi connectivity index (χ0v) is 12.8. The zero-order chi connectivity index (χ0) is 12.8. The van der Waals surface area contributed by atoms with Crippen molar-refractivity contribution in [2.75, 3.05) is 0 Å². The largest absolute Gasteiger partial charge is 0.480 e. The summed E-state index contributed by atoms with van der Waals surface area (Å²) in [4.78, 5) is 0. The third kappa shape index (κ3) is 2.08. The number of hydrogen-bond acceptors (Lipinski definition) is 2. The summed E-state index contributed by atoms with van der Waals surface area (Å²) < 4.78 is 12.2. The van der Waals surface area contributed by atoms with Gasteiger partial charge >= 0.3 is 0 Å². The first-order valence-electron chi connectivity index (χ1n) is 6.25. The van der Waals surface area contributed by atoms with E-state index in [4.69, 9.17) is 9.47 Å². The zero-order valence-electron chi connectivity index (χ0n) is 11.6. The fourth-order valence-corrected chi connectivity index (χ4v) is 2.81. The van der Waals surface area contributed by atoms with Gasteiger partial charge in [-0.15, -0.1) is 0 Å². The Kier molecular flexibility index (Phi) is 2.77. The minimum atomic E-state index is -0.790.